The van der Waals surface area contributed by atoms with Crippen molar-refractivity contribution in [1.82, 2.24) is 0 Å². The Morgan fingerprint density at radius 3 is 2.73 bits per heavy atom. The lowest BCUT2D eigenvalue weighted by molar-refractivity contribution is -0.120. The zero-order valence-electron chi connectivity index (χ0n) is 14.2. The Morgan fingerprint density at radius 1 is 1.23 bits per heavy atom. The average Bonchev–Trinajstić information content (AvgIpc) is 2.66. The van der Waals surface area contributed by atoms with Crippen LogP contribution in [-0.4, -0.2) is 45.0 Å². The standard InChI is InChI=1S/C19H20ClN3O3/c20-16-2-1-3-17(12-16)22-19(24)14-26-21-13-15-4-6-18(7-5-15)23-8-10-25-11-9-23/h1-7,12-13H,8-11,14H2,(H,22,24). The maximum absolute atomic E-state index is 11.8. The Kier molecular flexibility index (Phi) is 6.46. The average molecular weight is 374 g/mol. The van der Waals surface area contributed by atoms with Crippen molar-refractivity contribution >= 4 is 35.1 Å². The molecule has 7 heteroatoms. The van der Waals surface area contributed by atoms with Gasteiger partial charge in [0, 0.05) is 29.5 Å². The van der Waals surface area contributed by atoms with E-state index in [-0.39, 0.29) is 12.5 Å². The SMILES string of the molecule is O=C(CON=Cc1ccc(N2CCOCC2)cc1)Nc1cccc(Cl)c1. The van der Waals surface area contributed by atoms with E-state index in [0.29, 0.717) is 10.7 Å². The molecule has 0 atom stereocenters. The first-order chi connectivity index (χ1) is 12.7. The van der Waals surface area contributed by atoms with Crippen molar-refractivity contribution in [2.75, 3.05) is 43.1 Å². The third kappa shape index (κ3) is 5.47. The highest BCUT2D eigenvalue weighted by Gasteiger charge is 2.10. The van der Waals surface area contributed by atoms with Gasteiger partial charge >= 0.3 is 0 Å². The quantitative estimate of drug-likeness (QED) is 0.624. The van der Waals surface area contributed by atoms with Crippen LogP contribution in [0.3, 0.4) is 0 Å². The number of halogens is 1. The first kappa shape index (κ1) is 18.2. The van der Waals surface area contributed by atoms with Crippen LogP contribution in [0.15, 0.2) is 53.7 Å². The van der Waals surface area contributed by atoms with E-state index >= 15 is 0 Å². The van der Waals surface area contributed by atoms with Crippen LogP contribution in [0.5, 0.6) is 0 Å². The van der Waals surface area contributed by atoms with E-state index in [2.05, 4.69) is 15.4 Å². The topological polar surface area (TPSA) is 63.2 Å². The van der Waals surface area contributed by atoms with E-state index in [1.54, 1.807) is 30.5 Å². The van der Waals surface area contributed by atoms with Gasteiger partial charge in [-0.3, -0.25) is 4.79 Å². The van der Waals surface area contributed by atoms with Crippen LogP contribution in [0.1, 0.15) is 5.56 Å². The number of carbonyl (C=O) groups is 1. The lowest BCUT2D eigenvalue weighted by atomic mass is 10.2. The Hall–Kier alpha value is -2.57. The molecule has 1 aliphatic rings. The molecule has 0 unspecified atom stereocenters. The van der Waals surface area contributed by atoms with Crippen LogP contribution in [0.25, 0.3) is 0 Å². The third-order valence-electron chi connectivity index (χ3n) is 3.85. The Bertz CT molecular complexity index is 759. The van der Waals surface area contributed by atoms with Crippen molar-refractivity contribution < 1.29 is 14.4 Å². The van der Waals surface area contributed by atoms with Crippen molar-refractivity contribution in [2.24, 2.45) is 5.16 Å². The molecule has 0 aliphatic carbocycles. The van der Waals surface area contributed by atoms with E-state index in [4.69, 9.17) is 21.2 Å². The molecule has 1 N–H and O–H groups in total. The maximum atomic E-state index is 11.8. The molecule has 0 bridgehead atoms. The number of benzene rings is 2. The third-order valence-corrected chi connectivity index (χ3v) is 4.08. The summed E-state index contributed by atoms with van der Waals surface area (Å²) in [5.74, 6) is -0.299. The van der Waals surface area contributed by atoms with Gasteiger partial charge in [0.15, 0.2) is 6.61 Å². The van der Waals surface area contributed by atoms with E-state index in [1.165, 1.54) is 0 Å². The fourth-order valence-electron chi connectivity index (χ4n) is 2.55. The minimum atomic E-state index is -0.299. The van der Waals surface area contributed by atoms with Gasteiger partial charge in [-0.05, 0) is 35.9 Å². The number of nitrogens with one attached hydrogen (secondary N) is 1. The van der Waals surface area contributed by atoms with Gasteiger partial charge in [-0.15, -0.1) is 0 Å². The Morgan fingerprint density at radius 2 is 2.00 bits per heavy atom. The second-order valence-electron chi connectivity index (χ2n) is 5.76. The van der Waals surface area contributed by atoms with Crippen molar-refractivity contribution in [2.45, 2.75) is 0 Å². The molecule has 3 rings (SSSR count). The second-order valence-corrected chi connectivity index (χ2v) is 6.19. The van der Waals surface area contributed by atoms with E-state index in [1.807, 2.05) is 24.3 Å². The zero-order valence-corrected chi connectivity index (χ0v) is 15.0. The maximum Gasteiger partial charge on any atom is 0.265 e. The van der Waals surface area contributed by atoms with Gasteiger partial charge in [-0.25, -0.2) is 0 Å². The number of morpholine rings is 1. The molecule has 0 aromatic heterocycles. The molecule has 1 heterocycles. The first-order valence-electron chi connectivity index (χ1n) is 8.34. The molecule has 2 aromatic rings. The van der Waals surface area contributed by atoms with Gasteiger partial charge in [-0.2, -0.15) is 0 Å². The number of hydrogen-bond acceptors (Lipinski definition) is 5. The summed E-state index contributed by atoms with van der Waals surface area (Å²) >= 11 is 5.87. The monoisotopic (exact) mass is 373 g/mol. The minimum absolute atomic E-state index is 0.172. The smallest absolute Gasteiger partial charge is 0.265 e. The number of carbonyl (C=O) groups excluding carboxylic acids is 1. The van der Waals surface area contributed by atoms with Crippen molar-refractivity contribution in [3.05, 3.63) is 59.1 Å². The molecule has 0 saturated carbocycles. The molecule has 26 heavy (non-hydrogen) atoms. The van der Waals surface area contributed by atoms with Gasteiger partial charge in [0.25, 0.3) is 5.91 Å². The largest absolute Gasteiger partial charge is 0.386 e. The predicted octanol–water partition coefficient (Wildman–Crippen LogP) is 3.17. The number of hydrogen-bond donors (Lipinski definition) is 1. The summed E-state index contributed by atoms with van der Waals surface area (Å²) in [5.41, 5.74) is 2.68. The molecular formula is C19H20ClN3O3. The van der Waals surface area contributed by atoms with Gasteiger partial charge in [0.05, 0.1) is 19.4 Å². The lowest BCUT2D eigenvalue weighted by Crippen LogP contribution is -2.36. The van der Waals surface area contributed by atoms with E-state index < -0.39 is 0 Å². The first-order valence-corrected chi connectivity index (χ1v) is 8.72. The number of nitrogens with zero attached hydrogens (tertiary/aromatic N) is 2. The van der Waals surface area contributed by atoms with Crippen LogP contribution >= 0.6 is 11.6 Å². The molecular weight excluding hydrogens is 354 g/mol. The van der Waals surface area contributed by atoms with Gasteiger partial charge in [-0.1, -0.05) is 35.0 Å². The highest BCUT2D eigenvalue weighted by Crippen LogP contribution is 2.16. The molecule has 0 radical (unpaired) electrons. The summed E-state index contributed by atoms with van der Waals surface area (Å²) in [6.45, 7) is 3.15. The number of oxime groups is 1. The van der Waals surface area contributed by atoms with Gasteiger partial charge in [0.1, 0.15) is 0 Å². The molecule has 136 valence electrons. The van der Waals surface area contributed by atoms with Crippen LogP contribution < -0.4 is 10.2 Å². The molecule has 1 fully saturated rings. The zero-order chi connectivity index (χ0) is 18.2. The summed E-state index contributed by atoms with van der Waals surface area (Å²) in [7, 11) is 0. The lowest BCUT2D eigenvalue weighted by Gasteiger charge is -2.28. The highest BCUT2D eigenvalue weighted by atomic mass is 35.5. The van der Waals surface area contributed by atoms with E-state index in [9.17, 15) is 4.79 Å². The highest BCUT2D eigenvalue weighted by molar-refractivity contribution is 6.30. The molecule has 0 spiro atoms. The minimum Gasteiger partial charge on any atom is -0.386 e. The summed E-state index contributed by atoms with van der Waals surface area (Å²) in [4.78, 5) is 19.1. The predicted molar refractivity (Wildman–Crippen MR) is 103 cm³/mol. The van der Waals surface area contributed by atoms with Gasteiger partial charge < -0.3 is 19.8 Å². The molecule has 1 saturated heterocycles. The molecule has 1 aliphatic heterocycles. The number of ether oxygens (including phenoxy) is 1. The van der Waals surface area contributed by atoms with Crippen LogP contribution in [-0.2, 0) is 14.4 Å². The van der Waals surface area contributed by atoms with Crippen molar-refractivity contribution in [1.29, 1.82) is 0 Å². The number of rotatable bonds is 6. The van der Waals surface area contributed by atoms with Crippen molar-refractivity contribution in [3.63, 3.8) is 0 Å². The Balaban J connectivity index is 1.44. The van der Waals surface area contributed by atoms with Gasteiger partial charge in [0.2, 0.25) is 0 Å². The van der Waals surface area contributed by atoms with Crippen LogP contribution in [0.4, 0.5) is 11.4 Å². The number of anilines is 2. The fraction of sp³-hybridized carbons (Fsp3) is 0.263. The van der Waals surface area contributed by atoms with E-state index in [0.717, 1.165) is 37.6 Å². The molecule has 2 aromatic carbocycles. The number of amides is 1. The van der Waals surface area contributed by atoms with Crippen molar-refractivity contribution in [3.8, 4) is 0 Å². The summed E-state index contributed by atoms with van der Waals surface area (Å²) in [5, 5.41) is 7.08. The Labute approximate surface area is 157 Å². The summed E-state index contributed by atoms with van der Waals surface area (Å²) in [6, 6.07) is 14.9. The summed E-state index contributed by atoms with van der Waals surface area (Å²) in [6.07, 6.45) is 1.58. The van der Waals surface area contributed by atoms with Crippen LogP contribution in [0, 0.1) is 0 Å². The summed E-state index contributed by atoms with van der Waals surface area (Å²) < 4.78 is 5.35. The molecule has 1 amide bonds. The second kappa shape index (κ2) is 9.22. The van der Waals surface area contributed by atoms with Crippen LogP contribution in [0.2, 0.25) is 5.02 Å². The molecule has 6 nitrogen and oxygen atoms in total. The fourth-order valence-corrected chi connectivity index (χ4v) is 2.74. The normalized spacial score (nSPS) is 14.4.